The Balaban J connectivity index is 1.89. The van der Waals surface area contributed by atoms with E-state index < -0.39 is 11.6 Å². The van der Waals surface area contributed by atoms with Gasteiger partial charge in [0.25, 0.3) is 0 Å². The van der Waals surface area contributed by atoms with Crippen LogP contribution in [0.2, 0.25) is 0 Å². The van der Waals surface area contributed by atoms with Gasteiger partial charge >= 0.3 is 5.97 Å². The van der Waals surface area contributed by atoms with Crippen molar-refractivity contribution in [3.63, 3.8) is 0 Å². The molecule has 2 fully saturated rings. The van der Waals surface area contributed by atoms with Crippen LogP contribution in [0.5, 0.6) is 0 Å². The van der Waals surface area contributed by atoms with E-state index in [1.165, 1.54) is 6.07 Å². The first-order valence-electron chi connectivity index (χ1n) is 5.89. The van der Waals surface area contributed by atoms with Gasteiger partial charge in [0.2, 0.25) is 5.76 Å². The maximum absolute atomic E-state index is 10.8. The summed E-state index contributed by atoms with van der Waals surface area (Å²) in [7, 11) is 0. The Bertz CT molecular complexity index is 441. The molecule has 0 spiro atoms. The van der Waals surface area contributed by atoms with Crippen molar-refractivity contribution in [2.75, 3.05) is 0 Å². The zero-order valence-corrected chi connectivity index (χ0v) is 9.35. The third-order valence-electron chi connectivity index (χ3n) is 3.78. The van der Waals surface area contributed by atoms with Gasteiger partial charge in [-0.15, -0.1) is 0 Å². The largest absolute Gasteiger partial charge is 0.475 e. The number of rotatable bonds is 2. The molecule has 3 rings (SSSR count). The zero-order valence-electron chi connectivity index (χ0n) is 9.35. The van der Waals surface area contributed by atoms with Crippen LogP contribution in [0, 0.1) is 0 Å². The van der Waals surface area contributed by atoms with Gasteiger partial charge in [0.05, 0.1) is 0 Å². The summed E-state index contributed by atoms with van der Waals surface area (Å²) in [6, 6.07) is 3.61. The number of nitrogens with one attached hydrogen (secondary N) is 1. The molecule has 0 saturated carbocycles. The van der Waals surface area contributed by atoms with Crippen molar-refractivity contribution in [1.82, 2.24) is 5.32 Å². The number of furan rings is 1. The average molecular weight is 237 g/mol. The smallest absolute Gasteiger partial charge is 0.371 e. The Labute approximate surface area is 98.4 Å². The minimum atomic E-state index is -1.10. The molecule has 2 aliphatic heterocycles. The summed E-state index contributed by atoms with van der Waals surface area (Å²) in [6.07, 6.45) is 3.32. The fraction of sp³-hybridized carbons (Fsp3) is 0.583. The maximum atomic E-state index is 10.8. The molecule has 92 valence electrons. The molecular weight excluding hydrogens is 222 g/mol. The molecule has 2 bridgehead atoms. The van der Waals surface area contributed by atoms with Gasteiger partial charge in [0.1, 0.15) is 11.4 Å². The van der Waals surface area contributed by atoms with E-state index in [1.807, 2.05) is 0 Å². The van der Waals surface area contributed by atoms with E-state index in [9.17, 15) is 9.90 Å². The highest BCUT2D eigenvalue weighted by Crippen LogP contribution is 2.41. The third kappa shape index (κ3) is 1.75. The molecule has 2 saturated heterocycles. The van der Waals surface area contributed by atoms with E-state index in [0.717, 1.165) is 12.8 Å². The number of aromatic carboxylic acids is 1. The third-order valence-corrected chi connectivity index (χ3v) is 3.78. The van der Waals surface area contributed by atoms with E-state index >= 15 is 0 Å². The monoisotopic (exact) mass is 237 g/mol. The van der Waals surface area contributed by atoms with E-state index in [0.29, 0.717) is 30.7 Å². The van der Waals surface area contributed by atoms with E-state index in [2.05, 4.69) is 5.32 Å². The highest BCUT2D eigenvalue weighted by atomic mass is 16.4. The summed E-state index contributed by atoms with van der Waals surface area (Å²) >= 11 is 0. The molecule has 5 heteroatoms. The molecule has 0 radical (unpaired) electrons. The topological polar surface area (TPSA) is 82.7 Å². The lowest BCUT2D eigenvalue weighted by Gasteiger charge is -2.35. The first kappa shape index (κ1) is 10.8. The van der Waals surface area contributed by atoms with Crippen molar-refractivity contribution in [2.24, 2.45) is 0 Å². The van der Waals surface area contributed by atoms with E-state index in [1.54, 1.807) is 6.07 Å². The first-order chi connectivity index (χ1) is 8.07. The van der Waals surface area contributed by atoms with Crippen molar-refractivity contribution in [3.05, 3.63) is 23.7 Å². The van der Waals surface area contributed by atoms with Gasteiger partial charge in [-0.2, -0.15) is 0 Å². The predicted octanol–water partition coefficient (Wildman–Crippen LogP) is 1.08. The molecule has 2 atom stereocenters. The second-order valence-electron chi connectivity index (χ2n) is 5.05. The second kappa shape index (κ2) is 3.58. The molecular formula is C12H15NO4. The van der Waals surface area contributed by atoms with Crippen LogP contribution in [0.15, 0.2) is 16.5 Å². The van der Waals surface area contributed by atoms with Gasteiger partial charge in [0.15, 0.2) is 0 Å². The summed E-state index contributed by atoms with van der Waals surface area (Å²) in [5, 5.41) is 22.8. The number of fused-ring (bicyclic) bond motifs is 2. The Morgan fingerprint density at radius 1 is 1.35 bits per heavy atom. The fourth-order valence-electron chi connectivity index (χ4n) is 3.03. The Morgan fingerprint density at radius 3 is 2.53 bits per heavy atom. The quantitative estimate of drug-likeness (QED) is 0.717. The number of aliphatic hydroxyl groups is 1. The summed E-state index contributed by atoms with van der Waals surface area (Å²) < 4.78 is 5.23. The summed E-state index contributed by atoms with van der Waals surface area (Å²) in [5.74, 6) is -0.829. The highest BCUT2D eigenvalue weighted by molar-refractivity contribution is 5.84. The van der Waals surface area contributed by atoms with Crippen LogP contribution in [-0.4, -0.2) is 28.3 Å². The second-order valence-corrected chi connectivity index (χ2v) is 5.05. The van der Waals surface area contributed by atoms with E-state index in [-0.39, 0.29) is 5.76 Å². The molecule has 2 unspecified atom stereocenters. The van der Waals surface area contributed by atoms with Crippen LogP contribution in [-0.2, 0) is 5.60 Å². The summed E-state index contributed by atoms with van der Waals surface area (Å²) in [5.41, 5.74) is -1.01. The summed E-state index contributed by atoms with van der Waals surface area (Å²) in [6.45, 7) is 0. The van der Waals surface area contributed by atoms with E-state index in [4.69, 9.17) is 9.52 Å². The van der Waals surface area contributed by atoms with Crippen LogP contribution >= 0.6 is 0 Å². The van der Waals surface area contributed by atoms with Crippen molar-refractivity contribution in [2.45, 2.75) is 43.4 Å². The van der Waals surface area contributed by atoms with Crippen LogP contribution in [0.25, 0.3) is 0 Å². The van der Waals surface area contributed by atoms with Crippen molar-refractivity contribution in [1.29, 1.82) is 0 Å². The Hall–Kier alpha value is -1.33. The molecule has 0 aromatic carbocycles. The molecule has 2 aliphatic rings. The number of piperidine rings is 1. The Kier molecular flexibility index (Phi) is 2.27. The number of carbonyl (C=O) groups is 1. The minimum Gasteiger partial charge on any atom is -0.475 e. The molecule has 0 aliphatic carbocycles. The lowest BCUT2D eigenvalue weighted by Crippen LogP contribution is -2.46. The lowest BCUT2D eigenvalue weighted by molar-refractivity contribution is -0.0303. The van der Waals surface area contributed by atoms with Crippen molar-refractivity contribution in [3.8, 4) is 0 Å². The van der Waals surface area contributed by atoms with Gasteiger partial charge in [-0.05, 0) is 37.8 Å². The molecule has 3 N–H and O–H groups in total. The Morgan fingerprint density at radius 2 is 2.00 bits per heavy atom. The molecule has 1 aromatic rings. The lowest BCUT2D eigenvalue weighted by atomic mass is 9.85. The average Bonchev–Trinajstić information content (AvgIpc) is 2.85. The van der Waals surface area contributed by atoms with Crippen molar-refractivity contribution < 1.29 is 19.4 Å². The molecule has 3 heterocycles. The SMILES string of the molecule is O=C(O)c1ccc(C2(O)CC3CCC(C2)N3)o1. The van der Waals surface area contributed by atoms with Gasteiger partial charge in [-0.1, -0.05) is 0 Å². The number of hydrogen-bond acceptors (Lipinski definition) is 4. The molecule has 1 aromatic heterocycles. The summed E-state index contributed by atoms with van der Waals surface area (Å²) in [4.78, 5) is 10.8. The molecule has 5 nitrogen and oxygen atoms in total. The van der Waals surface area contributed by atoms with Crippen LogP contribution in [0.4, 0.5) is 0 Å². The van der Waals surface area contributed by atoms with Gasteiger partial charge < -0.3 is 19.9 Å². The van der Waals surface area contributed by atoms with Crippen LogP contribution < -0.4 is 5.32 Å². The van der Waals surface area contributed by atoms with Crippen molar-refractivity contribution >= 4 is 5.97 Å². The minimum absolute atomic E-state index is 0.112. The predicted molar refractivity (Wildman–Crippen MR) is 58.7 cm³/mol. The number of carboxylic acids is 1. The molecule has 0 amide bonds. The maximum Gasteiger partial charge on any atom is 0.371 e. The number of hydrogen-bond donors (Lipinski definition) is 3. The first-order valence-corrected chi connectivity index (χ1v) is 5.89. The van der Waals surface area contributed by atoms with Crippen LogP contribution in [0.1, 0.15) is 42.0 Å². The van der Waals surface area contributed by atoms with Gasteiger partial charge in [-0.25, -0.2) is 4.79 Å². The van der Waals surface area contributed by atoms with Gasteiger partial charge in [0, 0.05) is 12.1 Å². The van der Waals surface area contributed by atoms with Gasteiger partial charge in [-0.3, -0.25) is 0 Å². The zero-order chi connectivity index (χ0) is 12.0. The van der Waals surface area contributed by atoms with Crippen LogP contribution in [0.3, 0.4) is 0 Å². The highest BCUT2D eigenvalue weighted by Gasteiger charge is 2.45. The standard InChI is InChI=1S/C12H15NO4/c14-11(15)9-3-4-10(17-9)12(16)5-7-1-2-8(6-12)13-7/h3-4,7-8,13,16H,1-2,5-6H2,(H,14,15). The normalized spacial score (nSPS) is 36.1. The fourth-order valence-corrected chi connectivity index (χ4v) is 3.03. The number of carboxylic acid groups (broad SMARTS) is 1. The molecule has 17 heavy (non-hydrogen) atoms.